The van der Waals surface area contributed by atoms with E-state index >= 15 is 0 Å². The Labute approximate surface area is 285 Å². The summed E-state index contributed by atoms with van der Waals surface area (Å²) in [6.07, 6.45) is 17.7. The van der Waals surface area contributed by atoms with E-state index in [-0.39, 0.29) is 0 Å². The second-order valence-electron chi connectivity index (χ2n) is 11.9. The quantitative estimate of drug-likeness (QED) is 0.166. The molecule has 230 valence electrons. The van der Waals surface area contributed by atoms with E-state index in [1.165, 1.54) is 31.7 Å². The number of nitrogens with zero attached hydrogens (tertiary/aromatic N) is 3. The Balaban J connectivity index is 1.10. The van der Waals surface area contributed by atoms with Gasteiger partial charge in [0.2, 0.25) is 0 Å². The zero-order valence-electron chi connectivity index (χ0n) is 26.4. The van der Waals surface area contributed by atoms with Crippen LogP contribution in [0.4, 0.5) is 11.4 Å². The van der Waals surface area contributed by atoms with Crippen LogP contribution in [0.3, 0.4) is 0 Å². The maximum atomic E-state index is 4.49. The summed E-state index contributed by atoms with van der Waals surface area (Å²) in [6.45, 7) is 3.91. The highest BCUT2D eigenvalue weighted by Crippen LogP contribution is 2.38. The predicted molar refractivity (Wildman–Crippen MR) is 205 cm³/mol. The van der Waals surface area contributed by atoms with Crippen molar-refractivity contribution in [3.05, 3.63) is 182 Å². The second-order valence-corrected chi connectivity index (χ2v) is 13.0. The van der Waals surface area contributed by atoms with E-state index in [0.29, 0.717) is 5.92 Å². The molecular weight excluding hydrogens is 603 g/mol. The van der Waals surface area contributed by atoms with Crippen LogP contribution < -0.4 is 4.90 Å². The van der Waals surface area contributed by atoms with Crippen molar-refractivity contribution < 1.29 is 0 Å². The third-order valence-electron chi connectivity index (χ3n) is 8.86. The maximum absolute atomic E-state index is 4.49. The van der Waals surface area contributed by atoms with Crippen molar-refractivity contribution in [1.82, 2.24) is 9.97 Å². The lowest BCUT2D eigenvalue weighted by atomic mass is 9.96. The molecule has 4 aromatic carbocycles. The lowest BCUT2D eigenvalue weighted by Crippen LogP contribution is -2.17. The molecule has 0 saturated heterocycles. The van der Waals surface area contributed by atoms with Crippen LogP contribution in [-0.2, 0) is 0 Å². The first kappa shape index (κ1) is 29.6. The average molecular weight is 636 g/mol. The van der Waals surface area contributed by atoms with Crippen molar-refractivity contribution in [3.8, 4) is 21.6 Å². The van der Waals surface area contributed by atoms with Gasteiger partial charge in [0.05, 0.1) is 11.2 Å². The Bertz CT molecular complexity index is 2310. The Morgan fingerprint density at radius 2 is 1.44 bits per heavy atom. The van der Waals surface area contributed by atoms with E-state index < -0.39 is 0 Å². The molecule has 1 atom stereocenters. The van der Waals surface area contributed by atoms with Crippen LogP contribution in [0.25, 0.3) is 54.7 Å². The molecule has 0 N–H and O–H groups in total. The molecule has 1 aliphatic rings. The van der Waals surface area contributed by atoms with Crippen LogP contribution in [0.15, 0.2) is 170 Å². The van der Waals surface area contributed by atoms with Gasteiger partial charge in [-0.3, -0.25) is 9.97 Å². The van der Waals surface area contributed by atoms with Gasteiger partial charge < -0.3 is 4.90 Å². The van der Waals surface area contributed by atoms with Crippen LogP contribution in [0.5, 0.6) is 0 Å². The van der Waals surface area contributed by atoms with Gasteiger partial charge >= 0.3 is 0 Å². The highest BCUT2D eigenvalue weighted by Gasteiger charge is 2.17. The molecule has 3 nitrogen and oxygen atoms in total. The van der Waals surface area contributed by atoms with Gasteiger partial charge in [0.1, 0.15) is 0 Å². The van der Waals surface area contributed by atoms with E-state index in [2.05, 4.69) is 161 Å². The molecule has 48 heavy (non-hydrogen) atoms. The summed E-state index contributed by atoms with van der Waals surface area (Å²) >= 11 is 1.84. The number of pyridine rings is 2. The van der Waals surface area contributed by atoms with Crippen molar-refractivity contribution in [3.63, 3.8) is 0 Å². The van der Waals surface area contributed by atoms with E-state index in [4.69, 9.17) is 0 Å². The van der Waals surface area contributed by atoms with Gasteiger partial charge in [-0.2, -0.15) is 0 Å². The van der Waals surface area contributed by atoms with E-state index in [1.807, 2.05) is 29.7 Å². The molecule has 0 spiro atoms. The molecule has 0 fully saturated rings. The van der Waals surface area contributed by atoms with E-state index in [0.717, 1.165) is 45.7 Å². The molecule has 0 radical (unpaired) electrons. The fraction of sp³-hybridized carbons (Fsp3) is 0.0455. The number of aromatic nitrogens is 2. The molecule has 1 aliphatic carbocycles. The lowest BCUT2D eigenvalue weighted by Gasteiger charge is -2.29. The average Bonchev–Trinajstić information content (AvgIpc) is 3.60. The van der Waals surface area contributed by atoms with Gasteiger partial charge in [-0.15, -0.1) is 11.3 Å². The summed E-state index contributed by atoms with van der Waals surface area (Å²) in [5, 5.41) is 2.43. The van der Waals surface area contributed by atoms with Crippen molar-refractivity contribution in [2.45, 2.75) is 6.42 Å². The molecule has 0 saturated carbocycles. The fourth-order valence-corrected chi connectivity index (χ4v) is 7.38. The molecular formula is C44H33N3S. The topological polar surface area (TPSA) is 29.0 Å². The van der Waals surface area contributed by atoms with Crippen molar-refractivity contribution in [1.29, 1.82) is 0 Å². The summed E-state index contributed by atoms with van der Waals surface area (Å²) in [7, 11) is 0. The molecule has 7 aromatic rings. The molecule has 4 heteroatoms. The lowest BCUT2D eigenvalue weighted by molar-refractivity contribution is 0.813. The van der Waals surface area contributed by atoms with E-state index in [9.17, 15) is 0 Å². The van der Waals surface area contributed by atoms with Crippen LogP contribution in [0.2, 0.25) is 0 Å². The zero-order valence-corrected chi connectivity index (χ0v) is 27.2. The Morgan fingerprint density at radius 1 is 0.708 bits per heavy atom. The number of hydrogen-bond acceptors (Lipinski definition) is 4. The molecule has 0 aliphatic heterocycles. The Hall–Kier alpha value is -5.84. The zero-order chi connectivity index (χ0) is 32.3. The maximum Gasteiger partial charge on any atom is 0.0702 e. The third kappa shape index (κ3) is 6.02. The van der Waals surface area contributed by atoms with Gasteiger partial charge in [0.25, 0.3) is 0 Å². The second kappa shape index (κ2) is 13.1. The van der Waals surface area contributed by atoms with Gasteiger partial charge in [0.15, 0.2) is 0 Å². The first-order chi connectivity index (χ1) is 23.7. The van der Waals surface area contributed by atoms with Crippen LogP contribution in [-0.4, -0.2) is 9.97 Å². The van der Waals surface area contributed by atoms with Gasteiger partial charge in [-0.1, -0.05) is 91.5 Å². The molecule has 0 unspecified atom stereocenters. The van der Waals surface area contributed by atoms with Crippen LogP contribution in [0.1, 0.15) is 17.7 Å². The summed E-state index contributed by atoms with van der Waals surface area (Å²) in [4.78, 5) is 12.6. The summed E-state index contributed by atoms with van der Waals surface area (Å²) in [5.41, 5.74) is 9.98. The number of thiophene rings is 1. The van der Waals surface area contributed by atoms with Crippen molar-refractivity contribution >= 4 is 55.9 Å². The highest BCUT2D eigenvalue weighted by atomic mass is 32.1. The van der Waals surface area contributed by atoms with Crippen molar-refractivity contribution in [2.24, 2.45) is 5.92 Å². The van der Waals surface area contributed by atoms with Crippen molar-refractivity contribution in [2.75, 3.05) is 4.90 Å². The van der Waals surface area contributed by atoms with Gasteiger partial charge in [-0.25, -0.2) is 0 Å². The number of rotatable bonds is 8. The van der Waals surface area contributed by atoms with E-state index in [1.54, 1.807) is 12.3 Å². The minimum atomic E-state index is 0.300. The minimum absolute atomic E-state index is 0.300. The smallest absolute Gasteiger partial charge is 0.0702 e. The predicted octanol–water partition coefficient (Wildman–Crippen LogP) is 12.1. The monoisotopic (exact) mass is 635 g/mol. The normalized spacial score (nSPS) is 14.4. The van der Waals surface area contributed by atoms with Crippen LogP contribution in [0, 0.1) is 5.92 Å². The summed E-state index contributed by atoms with van der Waals surface area (Å²) < 4.78 is 1.31. The summed E-state index contributed by atoms with van der Waals surface area (Å²) in [6, 6.07) is 43.3. The molecule has 3 heterocycles. The highest BCUT2D eigenvalue weighted by molar-refractivity contribution is 7.22. The number of hydrogen-bond donors (Lipinski definition) is 0. The largest absolute Gasteiger partial charge is 0.311 e. The number of fused-ring (bicyclic) bond motifs is 2. The molecule has 0 amide bonds. The SMILES string of the molecule is C=Cc1ncccc1/C=C/[C@H]1C=CC(N(c2ccc(-c3ccc4ncccc4c3)cc2)c2ccc(-c3cc4ccccc4s3)cc2)=CC1. The standard InChI is InChI=1S/C44H33N3S/c1-2-41-33(8-5-27-45-41)14-11-31-12-20-38(21-13-31)47(40-24-17-34(18-25-40)44-30-37-7-3-4-10-43(37)48-44)39-22-15-32(16-23-39)35-19-26-42-36(29-35)9-6-28-46-42/h2-12,14-31H,1,13H2/b14-11+/t31-/m0/s1. The van der Waals surface area contributed by atoms with Crippen LogP contribution >= 0.6 is 11.3 Å². The number of benzene rings is 4. The molecule has 0 bridgehead atoms. The minimum Gasteiger partial charge on any atom is -0.311 e. The number of allylic oxidation sites excluding steroid dienone is 4. The first-order valence-corrected chi connectivity index (χ1v) is 17.0. The molecule has 3 aromatic heterocycles. The summed E-state index contributed by atoms with van der Waals surface area (Å²) in [5.74, 6) is 0.300. The number of anilines is 2. The Kier molecular flexibility index (Phi) is 8.07. The third-order valence-corrected chi connectivity index (χ3v) is 10.0. The first-order valence-electron chi connectivity index (χ1n) is 16.2. The van der Waals surface area contributed by atoms with Gasteiger partial charge in [0, 0.05) is 44.4 Å². The molecule has 8 rings (SSSR count). The Morgan fingerprint density at radius 3 is 2.21 bits per heavy atom. The van der Waals surface area contributed by atoms with Gasteiger partial charge in [-0.05, 0) is 113 Å². The fourth-order valence-electron chi connectivity index (χ4n) is 6.31.